The molecule has 148 valence electrons. The van der Waals surface area contributed by atoms with Gasteiger partial charge in [0.25, 0.3) is 0 Å². The Bertz CT molecular complexity index is 339. The van der Waals surface area contributed by atoms with Crippen LogP contribution in [0, 0.1) is 5.92 Å². The minimum absolute atomic E-state index is 0.0109. The number of carbonyl (C=O) groups excluding carboxylic acids is 2. The zero-order valence-corrected chi connectivity index (χ0v) is 15.8. The van der Waals surface area contributed by atoms with E-state index in [0.717, 1.165) is 13.1 Å². The summed E-state index contributed by atoms with van der Waals surface area (Å²) in [6, 6.07) is 0. The summed E-state index contributed by atoms with van der Waals surface area (Å²) in [4.78, 5) is 22.8. The highest BCUT2D eigenvalue weighted by Crippen LogP contribution is 1.94. The molecular formula is C17H34N2O6. The summed E-state index contributed by atoms with van der Waals surface area (Å²) >= 11 is 0. The number of nitrogens with one attached hydrogen (secondary N) is 2. The van der Waals surface area contributed by atoms with Crippen molar-refractivity contribution in [2.75, 3.05) is 72.5 Å². The molecule has 2 N–H and O–H groups in total. The number of ether oxygens (including phenoxy) is 4. The second-order valence-corrected chi connectivity index (χ2v) is 5.65. The molecule has 0 aliphatic carbocycles. The Morgan fingerprint density at radius 2 is 1.36 bits per heavy atom. The Balaban J connectivity index is 3.24. The average molecular weight is 362 g/mol. The average Bonchev–Trinajstić information content (AvgIpc) is 2.59. The molecular weight excluding hydrogens is 328 g/mol. The summed E-state index contributed by atoms with van der Waals surface area (Å²) in [5, 5.41) is 5.84. The van der Waals surface area contributed by atoms with Crippen molar-refractivity contribution in [3.63, 3.8) is 0 Å². The Hall–Kier alpha value is -1.06. The SMILES string of the molecule is CCNCCOCCOCC(=O)NCCOCCOCC(=O)C(C)C. The normalized spacial score (nSPS) is 11.0. The third kappa shape index (κ3) is 17.6. The molecule has 0 aliphatic rings. The van der Waals surface area contributed by atoms with Crippen molar-refractivity contribution in [1.29, 1.82) is 0 Å². The van der Waals surface area contributed by atoms with Crippen LogP contribution in [0.3, 0.4) is 0 Å². The van der Waals surface area contributed by atoms with Crippen LogP contribution < -0.4 is 10.6 Å². The van der Waals surface area contributed by atoms with E-state index in [9.17, 15) is 9.59 Å². The van der Waals surface area contributed by atoms with Crippen LogP contribution in [0.2, 0.25) is 0 Å². The lowest BCUT2D eigenvalue weighted by atomic mass is 10.1. The van der Waals surface area contributed by atoms with E-state index < -0.39 is 0 Å². The molecule has 0 heterocycles. The predicted octanol–water partition coefficient (Wildman–Crippen LogP) is 0.00360. The van der Waals surface area contributed by atoms with Crippen LogP contribution in [-0.4, -0.2) is 84.2 Å². The lowest BCUT2D eigenvalue weighted by molar-refractivity contribution is -0.128. The van der Waals surface area contributed by atoms with E-state index in [-0.39, 0.29) is 30.8 Å². The van der Waals surface area contributed by atoms with E-state index >= 15 is 0 Å². The summed E-state index contributed by atoms with van der Waals surface area (Å²) in [5.41, 5.74) is 0. The van der Waals surface area contributed by atoms with Crippen molar-refractivity contribution in [2.45, 2.75) is 20.8 Å². The first-order chi connectivity index (χ1) is 12.1. The fraction of sp³-hybridized carbons (Fsp3) is 0.882. The summed E-state index contributed by atoms with van der Waals surface area (Å²) in [6.45, 7) is 10.6. The molecule has 8 nitrogen and oxygen atoms in total. The van der Waals surface area contributed by atoms with Crippen LogP contribution >= 0.6 is 0 Å². The van der Waals surface area contributed by atoms with Gasteiger partial charge in [-0.2, -0.15) is 0 Å². The van der Waals surface area contributed by atoms with Crippen LogP contribution in [0.15, 0.2) is 0 Å². The molecule has 0 fully saturated rings. The third-order valence-corrected chi connectivity index (χ3v) is 3.11. The predicted molar refractivity (Wildman–Crippen MR) is 94.7 cm³/mol. The van der Waals surface area contributed by atoms with Gasteiger partial charge in [-0.1, -0.05) is 20.8 Å². The fourth-order valence-corrected chi connectivity index (χ4v) is 1.58. The Labute approximate surface area is 150 Å². The summed E-state index contributed by atoms with van der Waals surface area (Å²) in [5.74, 6) is -0.117. The van der Waals surface area contributed by atoms with Crippen LogP contribution in [0.5, 0.6) is 0 Å². The van der Waals surface area contributed by atoms with Gasteiger partial charge >= 0.3 is 0 Å². The van der Waals surface area contributed by atoms with Crippen molar-refractivity contribution in [2.24, 2.45) is 5.92 Å². The maximum atomic E-state index is 11.5. The van der Waals surface area contributed by atoms with Crippen molar-refractivity contribution >= 4 is 11.7 Å². The van der Waals surface area contributed by atoms with Gasteiger partial charge < -0.3 is 29.6 Å². The van der Waals surface area contributed by atoms with Gasteiger partial charge in [-0.05, 0) is 6.54 Å². The van der Waals surface area contributed by atoms with E-state index in [1.807, 2.05) is 20.8 Å². The third-order valence-electron chi connectivity index (χ3n) is 3.11. The van der Waals surface area contributed by atoms with Crippen molar-refractivity contribution in [3.8, 4) is 0 Å². The van der Waals surface area contributed by atoms with Gasteiger partial charge in [-0.25, -0.2) is 0 Å². The van der Waals surface area contributed by atoms with E-state index in [2.05, 4.69) is 10.6 Å². The quantitative estimate of drug-likeness (QED) is 0.332. The Morgan fingerprint density at radius 1 is 0.800 bits per heavy atom. The van der Waals surface area contributed by atoms with E-state index in [1.54, 1.807) is 0 Å². The second-order valence-electron chi connectivity index (χ2n) is 5.65. The second kappa shape index (κ2) is 17.8. The zero-order valence-electron chi connectivity index (χ0n) is 15.8. The van der Waals surface area contributed by atoms with Gasteiger partial charge in [-0.3, -0.25) is 9.59 Å². The molecule has 1 amide bonds. The zero-order chi connectivity index (χ0) is 18.8. The number of rotatable bonds is 18. The first-order valence-electron chi connectivity index (χ1n) is 8.89. The fourth-order valence-electron chi connectivity index (χ4n) is 1.58. The number of hydrogen-bond donors (Lipinski definition) is 2. The molecule has 25 heavy (non-hydrogen) atoms. The molecule has 0 saturated carbocycles. The first kappa shape index (κ1) is 23.9. The number of likely N-dealkylation sites (N-methyl/N-ethyl adjacent to an activating group) is 1. The van der Waals surface area contributed by atoms with Crippen molar-refractivity contribution in [3.05, 3.63) is 0 Å². The highest BCUT2D eigenvalue weighted by atomic mass is 16.5. The van der Waals surface area contributed by atoms with E-state index in [4.69, 9.17) is 18.9 Å². The highest BCUT2D eigenvalue weighted by Gasteiger charge is 2.06. The minimum atomic E-state index is -0.185. The number of carbonyl (C=O) groups is 2. The molecule has 0 unspecified atom stereocenters. The number of amides is 1. The molecule has 0 rings (SSSR count). The molecule has 0 atom stereocenters. The van der Waals surface area contributed by atoms with Crippen LogP contribution in [0.25, 0.3) is 0 Å². The Morgan fingerprint density at radius 3 is 1.96 bits per heavy atom. The van der Waals surface area contributed by atoms with Gasteiger partial charge in [-0.15, -0.1) is 0 Å². The van der Waals surface area contributed by atoms with Crippen LogP contribution in [-0.2, 0) is 28.5 Å². The molecule has 0 aliphatic heterocycles. The van der Waals surface area contributed by atoms with Gasteiger partial charge in [0.15, 0.2) is 5.78 Å². The minimum Gasteiger partial charge on any atom is -0.378 e. The van der Waals surface area contributed by atoms with Crippen molar-refractivity contribution in [1.82, 2.24) is 10.6 Å². The summed E-state index contributed by atoms with van der Waals surface area (Å²) < 4.78 is 21.0. The topological polar surface area (TPSA) is 95.1 Å². The van der Waals surface area contributed by atoms with Gasteiger partial charge in [0.1, 0.15) is 13.2 Å². The standard InChI is InChI=1S/C17H34N2O6/c1-4-18-5-7-22-10-12-25-14-17(21)19-6-8-23-9-11-24-13-16(20)15(2)3/h15,18H,4-14H2,1-3H3,(H,19,21). The maximum Gasteiger partial charge on any atom is 0.246 e. The lowest BCUT2D eigenvalue weighted by Gasteiger charge is -2.08. The maximum absolute atomic E-state index is 11.5. The summed E-state index contributed by atoms with van der Waals surface area (Å²) in [6.07, 6.45) is 0. The van der Waals surface area contributed by atoms with Gasteiger partial charge in [0, 0.05) is 19.0 Å². The Kier molecular flexibility index (Phi) is 17.0. The molecule has 0 saturated heterocycles. The monoisotopic (exact) mass is 362 g/mol. The first-order valence-corrected chi connectivity index (χ1v) is 8.89. The van der Waals surface area contributed by atoms with E-state index in [1.165, 1.54) is 0 Å². The molecule has 0 aromatic carbocycles. The van der Waals surface area contributed by atoms with Crippen molar-refractivity contribution < 1.29 is 28.5 Å². The largest absolute Gasteiger partial charge is 0.378 e. The smallest absolute Gasteiger partial charge is 0.246 e. The highest BCUT2D eigenvalue weighted by molar-refractivity contribution is 5.81. The molecule has 0 radical (unpaired) electrons. The summed E-state index contributed by atoms with van der Waals surface area (Å²) in [7, 11) is 0. The molecule has 0 aromatic rings. The number of hydrogen-bond acceptors (Lipinski definition) is 7. The van der Waals surface area contributed by atoms with Crippen LogP contribution in [0.1, 0.15) is 20.8 Å². The lowest BCUT2D eigenvalue weighted by Crippen LogP contribution is -2.31. The molecule has 0 aromatic heterocycles. The number of ketones is 1. The van der Waals surface area contributed by atoms with Gasteiger partial charge in [0.2, 0.25) is 5.91 Å². The molecule has 8 heteroatoms. The molecule has 0 spiro atoms. The van der Waals surface area contributed by atoms with E-state index in [0.29, 0.717) is 46.2 Å². The van der Waals surface area contributed by atoms with Gasteiger partial charge in [0.05, 0.1) is 39.6 Å². The number of Topliss-reactive ketones (excluding diaryl/α,β-unsaturated/α-hetero) is 1. The molecule has 0 bridgehead atoms. The van der Waals surface area contributed by atoms with Crippen LogP contribution in [0.4, 0.5) is 0 Å².